The minimum Gasteiger partial charge on any atom is -0.376 e. The van der Waals surface area contributed by atoms with Crippen LogP contribution < -0.4 is 5.32 Å². The van der Waals surface area contributed by atoms with Gasteiger partial charge in [0.05, 0.1) is 16.8 Å². The summed E-state index contributed by atoms with van der Waals surface area (Å²) in [7, 11) is 1.91. The summed E-state index contributed by atoms with van der Waals surface area (Å²) in [6, 6.07) is 5.67. The molecule has 0 aromatic heterocycles. The van der Waals surface area contributed by atoms with E-state index in [9.17, 15) is 4.39 Å². The van der Waals surface area contributed by atoms with E-state index in [0.717, 1.165) is 18.5 Å². The van der Waals surface area contributed by atoms with E-state index in [0.29, 0.717) is 18.3 Å². The zero-order chi connectivity index (χ0) is 23.6. The van der Waals surface area contributed by atoms with Crippen LogP contribution in [0.4, 0.5) is 10.1 Å². The average molecular weight is 452 g/mol. The molecule has 31 heavy (non-hydrogen) atoms. The monoisotopic (exact) mass is 451 g/mol. The lowest BCUT2D eigenvalue weighted by Gasteiger charge is -2.33. The second-order valence-electron chi connectivity index (χ2n) is 8.27. The molecule has 174 valence electrons. The molecule has 0 saturated carbocycles. The van der Waals surface area contributed by atoms with Crippen molar-refractivity contribution in [2.45, 2.75) is 72.1 Å². The van der Waals surface area contributed by atoms with E-state index in [1.165, 1.54) is 0 Å². The molecule has 0 saturated heterocycles. The third kappa shape index (κ3) is 8.62. The maximum absolute atomic E-state index is 14.3. The molecular formula is C24H39ClFN5. The fourth-order valence-electron chi connectivity index (χ4n) is 3.32. The third-order valence-corrected chi connectivity index (χ3v) is 5.93. The van der Waals surface area contributed by atoms with E-state index in [4.69, 9.17) is 11.6 Å². The molecule has 0 aliphatic heterocycles. The first kappa shape index (κ1) is 27.1. The second-order valence-corrected chi connectivity index (χ2v) is 8.67. The molecule has 7 heteroatoms. The lowest BCUT2D eigenvalue weighted by molar-refractivity contribution is 0.160. The molecule has 0 amide bonds. The Balaban J connectivity index is 2.74. The fraction of sp³-hybridized carbons (Fsp3) is 0.583. The molecule has 0 spiro atoms. The summed E-state index contributed by atoms with van der Waals surface area (Å²) >= 11 is 5.92. The Morgan fingerprint density at radius 2 is 1.97 bits per heavy atom. The molecule has 0 bridgehead atoms. The Kier molecular flexibility index (Phi) is 11.8. The van der Waals surface area contributed by atoms with Gasteiger partial charge in [0, 0.05) is 38.3 Å². The average Bonchev–Trinajstić information content (AvgIpc) is 2.74. The first-order chi connectivity index (χ1) is 14.6. The maximum Gasteiger partial charge on any atom is 0.164 e. The largest absolute Gasteiger partial charge is 0.376 e. The summed E-state index contributed by atoms with van der Waals surface area (Å²) in [5.74, 6) is -0.428. The van der Waals surface area contributed by atoms with Gasteiger partial charge in [-0.1, -0.05) is 40.6 Å². The smallest absolute Gasteiger partial charge is 0.164 e. The van der Waals surface area contributed by atoms with E-state index in [1.807, 2.05) is 38.1 Å². The number of hydrogen-bond donors (Lipinski definition) is 1. The van der Waals surface area contributed by atoms with Crippen LogP contribution in [0.1, 0.15) is 48.0 Å². The van der Waals surface area contributed by atoms with Crippen molar-refractivity contribution < 1.29 is 4.39 Å². The molecule has 0 aliphatic rings. The standard InChI is InChI=1S/C24H39ClFN5/c1-9-15-31(17(3)4)20(7)19(6)28-29-30(8)16-14-22(18(5)10-2)27-23-13-11-12-21(25)24(23)26/h9-13,17,19-20,22,27H,1,14-16H2,2-8H3/b18-10+,29-28-/t19?,20-,22?/m0/s1. The molecule has 0 heterocycles. The van der Waals surface area contributed by atoms with Gasteiger partial charge < -0.3 is 5.32 Å². The highest BCUT2D eigenvalue weighted by Gasteiger charge is 2.21. The van der Waals surface area contributed by atoms with Crippen LogP contribution in [0, 0.1) is 5.82 Å². The van der Waals surface area contributed by atoms with E-state index in [2.05, 4.69) is 54.8 Å². The topological polar surface area (TPSA) is 43.2 Å². The number of nitrogens with one attached hydrogen (secondary N) is 1. The van der Waals surface area contributed by atoms with Crippen molar-refractivity contribution in [3.63, 3.8) is 0 Å². The highest BCUT2D eigenvalue weighted by Crippen LogP contribution is 2.24. The van der Waals surface area contributed by atoms with Gasteiger partial charge in [-0.3, -0.25) is 9.91 Å². The molecule has 5 nitrogen and oxygen atoms in total. The fourth-order valence-corrected chi connectivity index (χ4v) is 3.49. The van der Waals surface area contributed by atoms with Crippen molar-refractivity contribution in [1.82, 2.24) is 9.91 Å². The van der Waals surface area contributed by atoms with Crippen molar-refractivity contribution in [2.75, 3.05) is 25.5 Å². The Bertz CT molecular complexity index is 749. The summed E-state index contributed by atoms with van der Waals surface area (Å²) in [4.78, 5) is 2.35. The van der Waals surface area contributed by atoms with Crippen molar-refractivity contribution in [2.24, 2.45) is 10.3 Å². The third-order valence-electron chi connectivity index (χ3n) is 5.64. The molecular weight excluding hydrogens is 413 g/mol. The van der Waals surface area contributed by atoms with Gasteiger partial charge in [0.1, 0.15) is 0 Å². The van der Waals surface area contributed by atoms with Gasteiger partial charge in [0.25, 0.3) is 0 Å². The van der Waals surface area contributed by atoms with Crippen molar-refractivity contribution in [3.8, 4) is 0 Å². The first-order valence-corrected chi connectivity index (χ1v) is 11.3. The lowest BCUT2D eigenvalue weighted by atomic mass is 10.0. The van der Waals surface area contributed by atoms with Crippen LogP contribution in [0.3, 0.4) is 0 Å². The highest BCUT2D eigenvalue weighted by molar-refractivity contribution is 6.31. The SMILES string of the molecule is C=CCN(C(C)C)[C@@H](C)C(C)/N=N\N(C)CCC(Nc1cccc(Cl)c1F)/C(C)=C/C. The number of rotatable bonds is 13. The Hall–Kier alpha value is -1.92. The number of nitrogens with zero attached hydrogens (tertiary/aromatic N) is 4. The first-order valence-electron chi connectivity index (χ1n) is 10.9. The van der Waals surface area contributed by atoms with E-state index < -0.39 is 5.82 Å². The predicted molar refractivity (Wildman–Crippen MR) is 131 cm³/mol. The van der Waals surface area contributed by atoms with Crippen molar-refractivity contribution in [1.29, 1.82) is 0 Å². The minimum atomic E-state index is -0.428. The van der Waals surface area contributed by atoms with E-state index >= 15 is 0 Å². The van der Waals surface area contributed by atoms with Crippen LogP contribution in [-0.2, 0) is 0 Å². The van der Waals surface area contributed by atoms with Crippen LogP contribution in [0.25, 0.3) is 0 Å². The molecule has 0 radical (unpaired) electrons. The summed E-state index contributed by atoms with van der Waals surface area (Å²) in [6.45, 7) is 18.0. The molecule has 0 fully saturated rings. The van der Waals surface area contributed by atoms with Crippen LogP contribution in [0.15, 0.2) is 52.8 Å². The molecule has 3 atom stereocenters. The van der Waals surface area contributed by atoms with Crippen LogP contribution in [0.5, 0.6) is 0 Å². The summed E-state index contributed by atoms with van der Waals surface area (Å²) < 4.78 is 14.3. The van der Waals surface area contributed by atoms with Gasteiger partial charge in [-0.05, 0) is 60.1 Å². The normalized spacial score (nSPS) is 15.4. The molecule has 1 aromatic rings. The van der Waals surface area contributed by atoms with Crippen LogP contribution in [0.2, 0.25) is 5.02 Å². The van der Waals surface area contributed by atoms with Crippen LogP contribution in [-0.4, -0.2) is 54.2 Å². The number of hydrogen-bond acceptors (Lipinski definition) is 4. The predicted octanol–water partition coefficient (Wildman–Crippen LogP) is 6.59. The van der Waals surface area contributed by atoms with Crippen LogP contribution >= 0.6 is 11.6 Å². The maximum atomic E-state index is 14.3. The summed E-state index contributed by atoms with van der Waals surface area (Å²) in [6.07, 6.45) is 4.70. The summed E-state index contributed by atoms with van der Waals surface area (Å²) in [5, 5.41) is 14.2. The number of allylic oxidation sites excluding steroid dienone is 1. The van der Waals surface area contributed by atoms with Gasteiger partial charge in [-0.25, -0.2) is 4.39 Å². The molecule has 1 rings (SSSR count). The number of benzene rings is 1. The zero-order valence-electron chi connectivity index (χ0n) is 20.1. The minimum absolute atomic E-state index is 0.0315. The van der Waals surface area contributed by atoms with E-state index in [-0.39, 0.29) is 23.1 Å². The second kappa shape index (κ2) is 13.5. The number of anilines is 1. The summed E-state index contributed by atoms with van der Waals surface area (Å²) in [5.41, 5.74) is 1.53. The van der Waals surface area contributed by atoms with Gasteiger partial charge >= 0.3 is 0 Å². The Morgan fingerprint density at radius 3 is 2.55 bits per heavy atom. The zero-order valence-corrected chi connectivity index (χ0v) is 20.8. The highest BCUT2D eigenvalue weighted by atomic mass is 35.5. The van der Waals surface area contributed by atoms with Gasteiger partial charge in [0.15, 0.2) is 5.82 Å². The lowest BCUT2D eigenvalue weighted by Crippen LogP contribution is -2.44. The van der Waals surface area contributed by atoms with E-state index in [1.54, 1.807) is 18.2 Å². The van der Waals surface area contributed by atoms with Gasteiger partial charge in [-0.15, -0.1) is 6.58 Å². The van der Waals surface area contributed by atoms with Gasteiger partial charge in [0.2, 0.25) is 0 Å². The Labute approximate surface area is 193 Å². The molecule has 0 aliphatic carbocycles. The molecule has 2 unspecified atom stereocenters. The Morgan fingerprint density at radius 1 is 1.29 bits per heavy atom. The van der Waals surface area contributed by atoms with Gasteiger partial charge in [-0.2, -0.15) is 5.11 Å². The van der Waals surface area contributed by atoms with Crippen molar-refractivity contribution in [3.05, 3.63) is 53.3 Å². The van der Waals surface area contributed by atoms with Crippen molar-refractivity contribution >= 4 is 17.3 Å². The number of halogens is 2. The quantitative estimate of drug-likeness (QED) is 0.209. The molecule has 1 N–H and O–H groups in total. The molecule has 1 aromatic carbocycles.